The van der Waals surface area contributed by atoms with Crippen molar-refractivity contribution in [1.29, 1.82) is 5.26 Å². The molecule has 5 heteroatoms. The van der Waals surface area contributed by atoms with E-state index >= 15 is 0 Å². The van der Waals surface area contributed by atoms with Crippen LogP contribution in [0.5, 0.6) is 5.88 Å². The normalized spacial score (nSPS) is 10.2. The topological polar surface area (TPSA) is 84.0 Å². The number of nitrogens with two attached hydrogens (primary N) is 1. The molecule has 0 fully saturated rings. The highest BCUT2D eigenvalue weighted by Crippen LogP contribution is 2.25. The van der Waals surface area contributed by atoms with Gasteiger partial charge in [-0.1, -0.05) is 26.0 Å². The lowest BCUT2D eigenvalue weighted by atomic mass is 10.2. The maximum atomic E-state index is 9.09. The zero-order chi connectivity index (χ0) is 15.2. The number of hydrogen-bond donors (Lipinski definition) is 2. The summed E-state index contributed by atoms with van der Waals surface area (Å²) in [5.41, 5.74) is 7.61. The first-order valence-electron chi connectivity index (χ1n) is 6.75. The molecule has 0 aliphatic heterocycles. The fraction of sp³-hybridized carbons (Fsp3) is 0.250. The zero-order valence-electron chi connectivity index (χ0n) is 12.1. The highest BCUT2D eigenvalue weighted by Gasteiger charge is 2.07. The summed E-state index contributed by atoms with van der Waals surface area (Å²) in [5.74, 6) is 1.39. The minimum Gasteiger partial charge on any atom is -0.476 e. The van der Waals surface area contributed by atoms with Crippen LogP contribution in [0.3, 0.4) is 0 Å². The van der Waals surface area contributed by atoms with Crippen LogP contribution >= 0.6 is 0 Å². The van der Waals surface area contributed by atoms with Crippen molar-refractivity contribution < 1.29 is 4.74 Å². The molecule has 1 heterocycles. The number of pyridine rings is 1. The number of benzene rings is 1. The SMILES string of the molecule is CC(C)COc1nc(Nc2ccccc2C#N)ccc1N. The van der Waals surface area contributed by atoms with Crippen LogP contribution in [0.1, 0.15) is 19.4 Å². The van der Waals surface area contributed by atoms with E-state index in [0.29, 0.717) is 41.2 Å². The Morgan fingerprint density at radius 2 is 2.05 bits per heavy atom. The molecule has 1 aromatic heterocycles. The molecule has 2 aromatic rings. The van der Waals surface area contributed by atoms with E-state index in [0.717, 1.165) is 0 Å². The number of ether oxygens (including phenoxy) is 1. The molecule has 0 amide bonds. The number of aromatic nitrogens is 1. The molecule has 2 rings (SSSR count). The van der Waals surface area contributed by atoms with Gasteiger partial charge in [0.2, 0.25) is 5.88 Å². The minimum atomic E-state index is 0.391. The molecular weight excluding hydrogens is 264 g/mol. The van der Waals surface area contributed by atoms with Gasteiger partial charge in [-0.05, 0) is 30.2 Å². The summed E-state index contributed by atoms with van der Waals surface area (Å²) in [6.45, 7) is 4.67. The molecule has 0 aliphatic carbocycles. The number of nitrogens with one attached hydrogen (secondary N) is 1. The van der Waals surface area contributed by atoms with Gasteiger partial charge in [0.05, 0.1) is 23.5 Å². The molecule has 1 aromatic carbocycles. The van der Waals surface area contributed by atoms with Crippen molar-refractivity contribution in [2.75, 3.05) is 17.7 Å². The third-order valence-electron chi connectivity index (χ3n) is 2.75. The second-order valence-electron chi connectivity index (χ2n) is 5.08. The van der Waals surface area contributed by atoms with Crippen molar-refractivity contribution in [2.24, 2.45) is 5.92 Å². The predicted molar refractivity (Wildman–Crippen MR) is 83.4 cm³/mol. The number of nitrogens with zero attached hydrogens (tertiary/aromatic N) is 2. The summed E-state index contributed by atoms with van der Waals surface area (Å²) in [5, 5.41) is 12.2. The zero-order valence-corrected chi connectivity index (χ0v) is 12.1. The number of hydrogen-bond acceptors (Lipinski definition) is 5. The van der Waals surface area contributed by atoms with E-state index in [-0.39, 0.29) is 0 Å². The molecular formula is C16H18N4O. The Morgan fingerprint density at radius 3 is 2.76 bits per heavy atom. The monoisotopic (exact) mass is 282 g/mol. The molecule has 0 aliphatic rings. The van der Waals surface area contributed by atoms with Gasteiger partial charge >= 0.3 is 0 Å². The Labute approximate surface area is 124 Å². The quantitative estimate of drug-likeness (QED) is 0.878. The van der Waals surface area contributed by atoms with Crippen LogP contribution < -0.4 is 15.8 Å². The van der Waals surface area contributed by atoms with Gasteiger partial charge in [0.1, 0.15) is 11.9 Å². The molecule has 0 saturated carbocycles. The van der Waals surface area contributed by atoms with Crippen molar-refractivity contribution in [3.8, 4) is 11.9 Å². The van der Waals surface area contributed by atoms with Crippen molar-refractivity contribution in [1.82, 2.24) is 4.98 Å². The molecule has 0 saturated heterocycles. The number of para-hydroxylation sites is 1. The Bertz CT molecular complexity index is 662. The van der Waals surface area contributed by atoms with E-state index in [4.69, 9.17) is 15.7 Å². The summed E-state index contributed by atoms with van der Waals surface area (Å²) in [4.78, 5) is 4.35. The van der Waals surface area contributed by atoms with Gasteiger partial charge in [-0.2, -0.15) is 10.2 Å². The molecule has 0 spiro atoms. The second kappa shape index (κ2) is 6.62. The first kappa shape index (κ1) is 14.7. The molecule has 21 heavy (non-hydrogen) atoms. The fourth-order valence-electron chi connectivity index (χ4n) is 1.71. The van der Waals surface area contributed by atoms with E-state index in [1.807, 2.05) is 18.2 Å². The number of anilines is 3. The largest absolute Gasteiger partial charge is 0.476 e. The minimum absolute atomic E-state index is 0.391. The van der Waals surface area contributed by atoms with Crippen LogP contribution in [-0.4, -0.2) is 11.6 Å². The van der Waals surface area contributed by atoms with E-state index in [1.165, 1.54) is 0 Å². The Balaban J connectivity index is 2.21. The van der Waals surface area contributed by atoms with Crippen molar-refractivity contribution in [3.05, 3.63) is 42.0 Å². The van der Waals surface area contributed by atoms with Gasteiger partial charge in [0, 0.05) is 0 Å². The van der Waals surface area contributed by atoms with Crippen LogP contribution in [-0.2, 0) is 0 Å². The lowest BCUT2D eigenvalue weighted by Gasteiger charge is -2.12. The van der Waals surface area contributed by atoms with Crippen LogP contribution in [0.25, 0.3) is 0 Å². The third-order valence-corrected chi connectivity index (χ3v) is 2.75. The summed E-state index contributed by atoms with van der Waals surface area (Å²) in [6, 6.07) is 12.9. The summed E-state index contributed by atoms with van der Waals surface area (Å²) < 4.78 is 5.59. The Kier molecular flexibility index (Phi) is 4.62. The number of nitriles is 1. The van der Waals surface area contributed by atoms with Gasteiger partial charge in [-0.15, -0.1) is 0 Å². The smallest absolute Gasteiger partial charge is 0.239 e. The second-order valence-corrected chi connectivity index (χ2v) is 5.08. The van der Waals surface area contributed by atoms with E-state index in [1.54, 1.807) is 18.2 Å². The predicted octanol–water partition coefficient (Wildman–Crippen LogP) is 3.31. The van der Waals surface area contributed by atoms with Crippen LogP contribution in [0.4, 0.5) is 17.2 Å². The van der Waals surface area contributed by atoms with E-state index in [9.17, 15) is 0 Å². The summed E-state index contributed by atoms with van der Waals surface area (Å²) in [6.07, 6.45) is 0. The third kappa shape index (κ3) is 3.86. The average molecular weight is 282 g/mol. The molecule has 3 N–H and O–H groups in total. The molecule has 0 bridgehead atoms. The van der Waals surface area contributed by atoms with Crippen LogP contribution in [0.15, 0.2) is 36.4 Å². The van der Waals surface area contributed by atoms with Gasteiger partial charge < -0.3 is 15.8 Å². The van der Waals surface area contributed by atoms with Crippen molar-refractivity contribution in [2.45, 2.75) is 13.8 Å². The highest BCUT2D eigenvalue weighted by atomic mass is 16.5. The standard InChI is InChI=1S/C16H18N4O/c1-11(2)10-21-16-13(18)7-8-15(20-16)19-14-6-4-3-5-12(14)9-17/h3-8,11H,10,18H2,1-2H3,(H,19,20). The molecule has 108 valence electrons. The number of nitrogen functional groups attached to an aromatic ring is 1. The average Bonchev–Trinajstić information content (AvgIpc) is 2.48. The van der Waals surface area contributed by atoms with E-state index < -0.39 is 0 Å². The van der Waals surface area contributed by atoms with E-state index in [2.05, 4.69) is 30.2 Å². The first-order chi connectivity index (χ1) is 10.1. The maximum absolute atomic E-state index is 9.09. The van der Waals surface area contributed by atoms with Crippen molar-refractivity contribution >= 4 is 17.2 Å². The molecule has 5 nitrogen and oxygen atoms in total. The lowest BCUT2D eigenvalue weighted by molar-refractivity contribution is 0.263. The summed E-state index contributed by atoms with van der Waals surface area (Å²) >= 11 is 0. The first-order valence-corrected chi connectivity index (χ1v) is 6.75. The Hall–Kier alpha value is -2.74. The van der Waals surface area contributed by atoms with Gasteiger partial charge in [0.25, 0.3) is 0 Å². The Morgan fingerprint density at radius 1 is 1.29 bits per heavy atom. The van der Waals surface area contributed by atoms with Gasteiger partial charge in [-0.25, -0.2) is 0 Å². The fourth-order valence-corrected chi connectivity index (χ4v) is 1.71. The highest BCUT2D eigenvalue weighted by molar-refractivity contribution is 5.66. The number of rotatable bonds is 5. The lowest BCUT2D eigenvalue weighted by Crippen LogP contribution is -2.08. The maximum Gasteiger partial charge on any atom is 0.239 e. The van der Waals surface area contributed by atoms with Crippen molar-refractivity contribution in [3.63, 3.8) is 0 Å². The molecule has 0 atom stereocenters. The molecule has 0 radical (unpaired) electrons. The van der Waals surface area contributed by atoms with Crippen LogP contribution in [0.2, 0.25) is 0 Å². The molecule has 0 unspecified atom stereocenters. The summed E-state index contributed by atoms with van der Waals surface area (Å²) in [7, 11) is 0. The van der Waals surface area contributed by atoms with Crippen LogP contribution in [0, 0.1) is 17.2 Å². The van der Waals surface area contributed by atoms with Gasteiger partial charge in [0.15, 0.2) is 0 Å². The van der Waals surface area contributed by atoms with Gasteiger partial charge in [-0.3, -0.25) is 0 Å².